The molecule has 1 aromatic carbocycles. The minimum Gasteiger partial charge on any atom is -0.485 e. The summed E-state index contributed by atoms with van der Waals surface area (Å²) in [6, 6.07) is 8.06. The van der Waals surface area contributed by atoms with Gasteiger partial charge in [0, 0.05) is 6.54 Å². The molecule has 0 aliphatic heterocycles. The van der Waals surface area contributed by atoms with Gasteiger partial charge in [0.2, 0.25) is 0 Å². The molecule has 5 heteroatoms. The van der Waals surface area contributed by atoms with E-state index in [1.807, 2.05) is 22.8 Å². The Morgan fingerprint density at radius 1 is 1.45 bits per heavy atom. The number of allylic oxidation sites excluding steroid dienone is 1. The Bertz CT molecular complexity index is 643. The van der Waals surface area contributed by atoms with E-state index in [2.05, 4.69) is 36.7 Å². The average Bonchev–Trinajstić information content (AvgIpc) is 2.78. The number of aromatic amines is 1. The average molecular weight is 289 g/mol. The van der Waals surface area contributed by atoms with Gasteiger partial charge in [-0.2, -0.15) is 5.10 Å². The van der Waals surface area contributed by atoms with Gasteiger partial charge in [-0.1, -0.05) is 38.1 Å². The van der Waals surface area contributed by atoms with E-state index in [1.54, 1.807) is 6.08 Å². The number of nitrogens with zero attached hydrogens (tertiary/aromatic N) is 2. The van der Waals surface area contributed by atoms with E-state index in [0.717, 1.165) is 11.6 Å². The molecule has 2 aromatic rings. The first-order valence-electron chi connectivity index (χ1n) is 6.60. The molecule has 0 unspecified atom stereocenters. The van der Waals surface area contributed by atoms with E-state index in [9.17, 15) is 0 Å². The summed E-state index contributed by atoms with van der Waals surface area (Å²) in [5.41, 5.74) is 1.19. The molecule has 2 rings (SSSR count). The maximum Gasteiger partial charge on any atom is 0.195 e. The molecule has 0 fully saturated rings. The SMILES string of the molecule is C=CCn1c(COc2ccccc2C(C)C)n[nH]c1=S. The first kappa shape index (κ1) is 14.5. The molecule has 0 spiro atoms. The lowest BCUT2D eigenvalue weighted by molar-refractivity contribution is 0.286. The van der Waals surface area contributed by atoms with Crippen molar-refractivity contribution in [2.75, 3.05) is 0 Å². The molecular weight excluding hydrogens is 270 g/mol. The van der Waals surface area contributed by atoms with Crippen molar-refractivity contribution in [2.45, 2.75) is 32.9 Å². The predicted octanol–water partition coefficient (Wildman–Crippen LogP) is 3.83. The minimum absolute atomic E-state index is 0.380. The fourth-order valence-corrected chi connectivity index (χ4v) is 2.23. The smallest absolute Gasteiger partial charge is 0.195 e. The first-order valence-corrected chi connectivity index (χ1v) is 7.01. The second kappa shape index (κ2) is 6.52. The standard InChI is InChI=1S/C15H19N3OS/c1-4-9-18-14(16-17-15(18)20)10-19-13-8-6-5-7-12(13)11(2)3/h4-8,11H,1,9-10H2,2-3H3,(H,17,20). The second-order valence-corrected chi connectivity index (χ2v) is 5.21. The fraction of sp³-hybridized carbons (Fsp3) is 0.333. The highest BCUT2D eigenvalue weighted by atomic mass is 32.1. The number of aromatic nitrogens is 3. The molecule has 0 aliphatic carbocycles. The van der Waals surface area contributed by atoms with Crippen molar-refractivity contribution in [1.82, 2.24) is 14.8 Å². The van der Waals surface area contributed by atoms with Crippen molar-refractivity contribution in [1.29, 1.82) is 0 Å². The summed E-state index contributed by atoms with van der Waals surface area (Å²) in [5, 5.41) is 6.98. The van der Waals surface area contributed by atoms with Crippen LogP contribution in [-0.4, -0.2) is 14.8 Å². The van der Waals surface area contributed by atoms with Gasteiger partial charge in [-0.25, -0.2) is 0 Å². The van der Waals surface area contributed by atoms with Gasteiger partial charge in [-0.15, -0.1) is 6.58 Å². The van der Waals surface area contributed by atoms with Gasteiger partial charge >= 0.3 is 0 Å². The summed E-state index contributed by atoms with van der Waals surface area (Å²) in [6.45, 7) is 9.03. The third kappa shape index (κ3) is 3.17. The molecule has 0 radical (unpaired) electrons. The minimum atomic E-state index is 0.380. The van der Waals surface area contributed by atoms with Crippen LogP contribution >= 0.6 is 12.2 Å². The van der Waals surface area contributed by atoms with E-state index >= 15 is 0 Å². The predicted molar refractivity (Wildman–Crippen MR) is 82.5 cm³/mol. The zero-order valence-corrected chi connectivity index (χ0v) is 12.6. The number of ether oxygens (including phenoxy) is 1. The zero-order chi connectivity index (χ0) is 14.5. The highest BCUT2D eigenvalue weighted by Gasteiger charge is 2.09. The van der Waals surface area contributed by atoms with Crippen LogP contribution < -0.4 is 4.74 Å². The Labute approximate surface area is 124 Å². The van der Waals surface area contributed by atoms with Crippen molar-refractivity contribution in [3.05, 3.63) is 53.1 Å². The molecule has 106 valence electrons. The Morgan fingerprint density at radius 2 is 2.20 bits per heavy atom. The zero-order valence-electron chi connectivity index (χ0n) is 11.8. The van der Waals surface area contributed by atoms with Crippen molar-refractivity contribution >= 4 is 12.2 Å². The molecule has 20 heavy (non-hydrogen) atoms. The molecule has 1 aromatic heterocycles. The number of hydrogen-bond acceptors (Lipinski definition) is 3. The fourth-order valence-electron chi connectivity index (χ4n) is 2.01. The molecular formula is C15H19N3OS. The molecule has 0 bridgehead atoms. The number of para-hydroxylation sites is 1. The molecule has 1 heterocycles. The Balaban J connectivity index is 2.17. The van der Waals surface area contributed by atoms with Crippen LogP contribution in [0.5, 0.6) is 5.75 Å². The Kier molecular flexibility index (Phi) is 4.74. The molecule has 0 aliphatic rings. The van der Waals surface area contributed by atoms with E-state index < -0.39 is 0 Å². The summed E-state index contributed by atoms with van der Waals surface area (Å²) in [5.74, 6) is 2.08. The lowest BCUT2D eigenvalue weighted by Gasteiger charge is -2.13. The highest BCUT2D eigenvalue weighted by molar-refractivity contribution is 7.71. The molecule has 0 saturated heterocycles. The number of rotatable bonds is 6. The summed E-state index contributed by atoms with van der Waals surface area (Å²) in [7, 11) is 0. The molecule has 1 N–H and O–H groups in total. The lowest BCUT2D eigenvalue weighted by atomic mass is 10.0. The number of hydrogen-bond donors (Lipinski definition) is 1. The van der Waals surface area contributed by atoms with E-state index in [4.69, 9.17) is 17.0 Å². The lowest BCUT2D eigenvalue weighted by Crippen LogP contribution is -2.07. The third-order valence-corrected chi connectivity index (χ3v) is 3.36. The van der Waals surface area contributed by atoms with Gasteiger partial charge in [0.05, 0.1) is 0 Å². The van der Waals surface area contributed by atoms with Crippen molar-refractivity contribution in [3.63, 3.8) is 0 Å². The third-order valence-electron chi connectivity index (χ3n) is 3.05. The van der Waals surface area contributed by atoms with Crippen LogP contribution in [-0.2, 0) is 13.2 Å². The quantitative estimate of drug-likeness (QED) is 0.649. The maximum absolute atomic E-state index is 5.90. The normalized spacial score (nSPS) is 10.8. The van der Waals surface area contributed by atoms with Crippen LogP contribution in [0, 0.1) is 4.77 Å². The molecule has 0 atom stereocenters. The summed E-state index contributed by atoms with van der Waals surface area (Å²) in [6.07, 6.45) is 1.79. The van der Waals surface area contributed by atoms with Gasteiger partial charge < -0.3 is 4.74 Å². The topological polar surface area (TPSA) is 42.8 Å². The van der Waals surface area contributed by atoms with Gasteiger partial charge in [-0.3, -0.25) is 9.67 Å². The maximum atomic E-state index is 5.90. The first-order chi connectivity index (χ1) is 9.63. The van der Waals surface area contributed by atoms with E-state index in [0.29, 0.717) is 23.8 Å². The number of benzene rings is 1. The Hall–Kier alpha value is -1.88. The van der Waals surface area contributed by atoms with Gasteiger partial charge in [0.15, 0.2) is 10.6 Å². The molecule has 4 nitrogen and oxygen atoms in total. The monoisotopic (exact) mass is 289 g/mol. The van der Waals surface area contributed by atoms with E-state index in [1.165, 1.54) is 5.56 Å². The number of nitrogens with one attached hydrogen (secondary N) is 1. The summed E-state index contributed by atoms with van der Waals surface area (Å²) in [4.78, 5) is 0. The van der Waals surface area contributed by atoms with Crippen LogP contribution in [0.3, 0.4) is 0 Å². The summed E-state index contributed by atoms with van der Waals surface area (Å²) < 4.78 is 8.36. The van der Waals surface area contributed by atoms with Crippen LogP contribution in [0.15, 0.2) is 36.9 Å². The van der Waals surface area contributed by atoms with Crippen LogP contribution in [0.2, 0.25) is 0 Å². The summed E-state index contributed by atoms with van der Waals surface area (Å²) >= 11 is 5.18. The van der Waals surface area contributed by atoms with Crippen LogP contribution in [0.4, 0.5) is 0 Å². The van der Waals surface area contributed by atoms with Gasteiger partial charge in [-0.05, 0) is 29.8 Å². The van der Waals surface area contributed by atoms with Crippen LogP contribution in [0.1, 0.15) is 31.2 Å². The second-order valence-electron chi connectivity index (χ2n) is 4.83. The van der Waals surface area contributed by atoms with Crippen molar-refractivity contribution in [2.24, 2.45) is 0 Å². The van der Waals surface area contributed by atoms with Gasteiger partial charge in [0.25, 0.3) is 0 Å². The Morgan fingerprint density at radius 3 is 2.90 bits per heavy atom. The largest absolute Gasteiger partial charge is 0.485 e. The molecule has 0 amide bonds. The van der Waals surface area contributed by atoms with Crippen molar-refractivity contribution in [3.8, 4) is 5.75 Å². The van der Waals surface area contributed by atoms with E-state index in [-0.39, 0.29) is 0 Å². The highest BCUT2D eigenvalue weighted by Crippen LogP contribution is 2.26. The molecule has 0 saturated carbocycles. The number of H-pyrrole nitrogens is 1. The van der Waals surface area contributed by atoms with Gasteiger partial charge in [0.1, 0.15) is 12.4 Å². The van der Waals surface area contributed by atoms with Crippen LogP contribution in [0.25, 0.3) is 0 Å². The van der Waals surface area contributed by atoms with Crippen molar-refractivity contribution < 1.29 is 4.74 Å².